The van der Waals surface area contributed by atoms with Gasteiger partial charge in [-0.2, -0.15) is 0 Å². The van der Waals surface area contributed by atoms with Crippen molar-refractivity contribution in [3.8, 4) is 0 Å². The number of carbonyl (C=O) groups is 1. The highest BCUT2D eigenvalue weighted by atomic mass is 16.1. The summed E-state index contributed by atoms with van der Waals surface area (Å²) in [6.07, 6.45) is 5.86. The van der Waals surface area contributed by atoms with Gasteiger partial charge in [-0.1, -0.05) is 24.6 Å². The lowest BCUT2D eigenvalue weighted by molar-refractivity contribution is 0.102. The van der Waals surface area contributed by atoms with Crippen molar-refractivity contribution in [1.29, 1.82) is 0 Å². The highest BCUT2D eigenvalue weighted by Crippen LogP contribution is 2.23. The molecular formula is C19H23N3O. The Morgan fingerprint density at radius 3 is 2.57 bits per heavy atom. The molecule has 1 amide bonds. The summed E-state index contributed by atoms with van der Waals surface area (Å²) in [5.41, 5.74) is 3.61. The van der Waals surface area contributed by atoms with E-state index in [0.717, 1.165) is 30.4 Å². The van der Waals surface area contributed by atoms with E-state index in [-0.39, 0.29) is 5.91 Å². The lowest BCUT2D eigenvalue weighted by Gasteiger charge is -2.32. The monoisotopic (exact) mass is 309 g/mol. The van der Waals surface area contributed by atoms with Crippen molar-refractivity contribution in [2.45, 2.75) is 26.7 Å². The third-order valence-corrected chi connectivity index (χ3v) is 4.44. The first-order valence-corrected chi connectivity index (χ1v) is 8.20. The van der Waals surface area contributed by atoms with Gasteiger partial charge in [0.25, 0.3) is 5.91 Å². The highest BCUT2D eigenvalue weighted by molar-refractivity contribution is 6.04. The van der Waals surface area contributed by atoms with E-state index in [9.17, 15) is 4.79 Å². The topological polar surface area (TPSA) is 45.2 Å². The molecule has 0 aliphatic carbocycles. The molecule has 0 unspecified atom stereocenters. The molecule has 1 aromatic heterocycles. The van der Waals surface area contributed by atoms with Gasteiger partial charge in [-0.25, -0.2) is 0 Å². The average Bonchev–Trinajstić information content (AvgIpc) is 2.58. The second-order valence-electron chi connectivity index (χ2n) is 6.42. The molecule has 0 atom stereocenters. The second kappa shape index (κ2) is 6.82. The summed E-state index contributed by atoms with van der Waals surface area (Å²) in [5, 5.41) is 2.93. The van der Waals surface area contributed by atoms with Crippen molar-refractivity contribution in [2.24, 2.45) is 5.92 Å². The Labute approximate surface area is 137 Å². The molecule has 1 saturated heterocycles. The van der Waals surface area contributed by atoms with Crippen LogP contribution in [0.5, 0.6) is 0 Å². The molecule has 2 heterocycles. The van der Waals surface area contributed by atoms with Crippen LogP contribution in [0.4, 0.5) is 11.4 Å². The molecule has 1 aromatic carbocycles. The lowest BCUT2D eigenvalue weighted by Crippen LogP contribution is -2.33. The number of hydrogen-bond acceptors (Lipinski definition) is 3. The number of pyridine rings is 1. The molecule has 120 valence electrons. The average molecular weight is 309 g/mol. The van der Waals surface area contributed by atoms with Gasteiger partial charge in [0.05, 0.1) is 17.4 Å². The number of amides is 1. The number of carbonyl (C=O) groups excluding carboxylic acids is 1. The predicted octanol–water partition coefficient (Wildman–Crippen LogP) is 3.88. The SMILES string of the molecule is Cc1ccc(NC(=O)c2cncc(N3CCC(C)CC3)c2)cc1. The number of nitrogens with zero attached hydrogens (tertiary/aromatic N) is 2. The van der Waals surface area contributed by atoms with E-state index in [1.54, 1.807) is 6.20 Å². The van der Waals surface area contributed by atoms with Gasteiger partial charge in [0.2, 0.25) is 0 Å². The van der Waals surface area contributed by atoms with E-state index in [2.05, 4.69) is 22.1 Å². The first kappa shape index (κ1) is 15.5. The van der Waals surface area contributed by atoms with Crippen LogP contribution in [-0.4, -0.2) is 24.0 Å². The highest BCUT2D eigenvalue weighted by Gasteiger charge is 2.17. The fourth-order valence-corrected chi connectivity index (χ4v) is 2.83. The van der Waals surface area contributed by atoms with Crippen molar-refractivity contribution in [2.75, 3.05) is 23.3 Å². The molecule has 4 nitrogen and oxygen atoms in total. The van der Waals surface area contributed by atoms with Crippen molar-refractivity contribution < 1.29 is 4.79 Å². The van der Waals surface area contributed by atoms with Gasteiger partial charge in [0.15, 0.2) is 0 Å². The number of anilines is 2. The molecule has 2 aromatic rings. The normalized spacial score (nSPS) is 15.5. The van der Waals surface area contributed by atoms with Crippen LogP contribution in [0, 0.1) is 12.8 Å². The molecule has 1 N–H and O–H groups in total. The quantitative estimate of drug-likeness (QED) is 0.936. The maximum Gasteiger partial charge on any atom is 0.257 e. The van der Waals surface area contributed by atoms with Gasteiger partial charge < -0.3 is 10.2 Å². The fraction of sp³-hybridized carbons (Fsp3) is 0.368. The van der Waals surface area contributed by atoms with Crippen LogP contribution in [0.3, 0.4) is 0 Å². The van der Waals surface area contributed by atoms with Gasteiger partial charge >= 0.3 is 0 Å². The molecule has 1 aliphatic heterocycles. The van der Waals surface area contributed by atoms with Crippen LogP contribution in [0.2, 0.25) is 0 Å². The Kier molecular flexibility index (Phi) is 4.60. The maximum atomic E-state index is 12.4. The van der Waals surface area contributed by atoms with E-state index in [4.69, 9.17) is 0 Å². The van der Waals surface area contributed by atoms with E-state index < -0.39 is 0 Å². The van der Waals surface area contributed by atoms with Crippen LogP contribution < -0.4 is 10.2 Å². The summed E-state index contributed by atoms with van der Waals surface area (Å²) in [6, 6.07) is 9.73. The summed E-state index contributed by atoms with van der Waals surface area (Å²) < 4.78 is 0. The molecule has 0 spiro atoms. The Morgan fingerprint density at radius 1 is 1.17 bits per heavy atom. The second-order valence-corrected chi connectivity index (χ2v) is 6.42. The van der Waals surface area contributed by atoms with Crippen LogP contribution in [0.15, 0.2) is 42.7 Å². The molecule has 1 aliphatic rings. The third-order valence-electron chi connectivity index (χ3n) is 4.44. The number of hydrogen-bond donors (Lipinski definition) is 1. The number of benzene rings is 1. The molecule has 0 bridgehead atoms. The van der Waals surface area contributed by atoms with E-state index in [1.807, 2.05) is 43.5 Å². The number of aryl methyl sites for hydroxylation is 1. The van der Waals surface area contributed by atoms with E-state index in [0.29, 0.717) is 5.56 Å². The minimum Gasteiger partial charge on any atom is -0.370 e. The van der Waals surface area contributed by atoms with Crippen LogP contribution in [0.25, 0.3) is 0 Å². The molecule has 0 radical (unpaired) electrons. The van der Waals surface area contributed by atoms with Gasteiger partial charge in [0.1, 0.15) is 0 Å². The molecule has 1 fully saturated rings. The zero-order valence-electron chi connectivity index (χ0n) is 13.7. The zero-order valence-corrected chi connectivity index (χ0v) is 13.7. The smallest absolute Gasteiger partial charge is 0.257 e. The van der Waals surface area contributed by atoms with Gasteiger partial charge in [0, 0.05) is 25.0 Å². The van der Waals surface area contributed by atoms with Gasteiger partial charge in [-0.15, -0.1) is 0 Å². The Morgan fingerprint density at radius 2 is 1.87 bits per heavy atom. The minimum atomic E-state index is -0.117. The van der Waals surface area contributed by atoms with Crippen molar-refractivity contribution >= 4 is 17.3 Å². The van der Waals surface area contributed by atoms with Crippen molar-refractivity contribution in [3.63, 3.8) is 0 Å². The minimum absolute atomic E-state index is 0.117. The predicted molar refractivity (Wildman–Crippen MR) is 94.0 cm³/mol. The summed E-state index contributed by atoms with van der Waals surface area (Å²) in [6.45, 7) is 6.39. The number of aromatic nitrogens is 1. The third kappa shape index (κ3) is 3.89. The van der Waals surface area contributed by atoms with Gasteiger partial charge in [-0.3, -0.25) is 9.78 Å². The van der Waals surface area contributed by atoms with Crippen molar-refractivity contribution in [3.05, 3.63) is 53.9 Å². The van der Waals surface area contributed by atoms with E-state index in [1.165, 1.54) is 18.4 Å². The largest absolute Gasteiger partial charge is 0.370 e. The maximum absolute atomic E-state index is 12.4. The zero-order chi connectivity index (χ0) is 16.2. The molecule has 4 heteroatoms. The number of rotatable bonds is 3. The first-order chi connectivity index (χ1) is 11.1. The lowest BCUT2D eigenvalue weighted by atomic mass is 9.99. The summed E-state index contributed by atoms with van der Waals surface area (Å²) in [4.78, 5) is 19.0. The molecular weight excluding hydrogens is 286 g/mol. The molecule has 0 saturated carbocycles. The summed E-state index contributed by atoms with van der Waals surface area (Å²) in [7, 11) is 0. The van der Waals surface area contributed by atoms with Crippen molar-refractivity contribution in [1.82, 2.24) is 4.98 Å². The van der Waals surface area contributed by atoms with Crippen LogP contribution in [0.1, 0.15) is 35.7 Å². The first-order valence-electron chi connectivity index (χ1n) is 8.20. The molecule has 23 heavy (non-hydrogen) atoms. The standard InChI is InChI=1S/C19H23N3O/c1-14-3-5-17(6-4-14)21-19(23)16-11-18(13-20-12-16)22-9-7-15(2)8-10-22/h3-6,11-13,15H,7-10H2,1-2H3,(H,21,23). The number of nitrogens with one attached hydrogen (secondary N) is 1. The van der Waals surface area contributed by atoms with E-state index >= 15 is 0 Å². The van der Waals surface area contributed by atoms with Crippen LogP contribution >= 0.6 is 0 Å². The summed E-state index contributed by atoms with van der Waals surface area (Å²) in [5.74, 6) is 0.667. The molecule has 3 rings (SSSR count). The Bertz CT molecular complexity index is 673. The fourth-order valence-electron chi connectivity index (χ4n) is 2.83. The number of piperidine rings is 1. The van der Waals surface area contributed by atoms with Crippen LogP contribution in [-0.2, 0) is 0 Å². The Balaban J connectivity index is 1.71. The van der Waals surface area contributed by atoms with Gasteiger partial charge in [-0.05, 0) is 43.9 Å². The summed E-state index contributed by atoms with van der Waals surface area (Å²) >= 11 is 0. The Hall–Kier alpha value is -2.36.